The van der Waals surface area contributed by atoms with E-state index in [-0.39, 0.29) is 6.04 Å². The fourth-order valence-electron chi connectivity index (χ4n) is 2.47. The van der Waals surface area contributed by atoms with Gasteiger partial charge >= 0.3 is 0 Å². The number of tetrazole rings is 1. The molecule has 1 unspecified atom stereocenters. The van der Waals surface area contributed by atoms with Gasteiger partial charge in [-0.05, 0) is 46.3 Å². The summed E-state index contributed by atoms with van der Waals surface area (Å²) in [6.45, 7) is 0. The standard InChI is InChI=1S/C15H11ClN6/c16-12-5-1-3-10(7-12)14-8-13(11-4-2-6-17-9-11)18-15-19-20-21-22(14)15/h1-9,14H,(H,18,19,21). The largest absolute Gasteiger partial charge is 0.323 e. The Bertz CT molecular complexity index is 842. The fourth-order valence-corrected chi connectivity index (χ4v) is 2.67. The van der Waals surface area contributed by atoms with Crippen molar-refractivity contribution in [1.29, 1.82) is 0 Å². The Labute approximate surface area is 131 Å². The molecule has 6 nitrogen and oxygen atoms in total. The minimum Gasteiger partial charge on any atom is -0.323 e. The van der Waals surface area contributed by atoms with E-state index < -0.39 is 0 Å². The van der Waals surface area contributed by atoms with Crippen LogP contribution in [0.3, 0.4) is 0 Å². The van der Waals surface area contributed by atoms with Crippen LogP contribution < -0.4 is 5.32 Å². The Balaban J connectivity index is 1.83. The van der Waals surface area contributed by atoms with Crippen LogP contribution >= 0.6 is 11.6 Å². The molecule has 2 aromatic heterocycles. The molecule has 0 amide bonds. The molecule has 1 N–H and O–H groups in total. The van der Waals surface area contributed by atoms with Gasteiger partial charge in [-0.1, -0.05) is 28.8 Å². The van der Waals surface area contributed by atoms with Gasteiger partial charge in [-0.2, -0.15) is 4.68 Å². The van der Waals surface area contributed by atoms with E-state index in [1.54, 1.807) is 17.1 Å². The maximum absolute atomic E-state index is 6.11. The van der Waals surface area contributed by atoms with Gasteiger partial charge in [-0.15, -0.1) is 0 Å². The van der Waals surface area contributed by atoms with E-state index in [1.807, 2.05) is 36.4 Å². The minimum absolute atomic E-state index is 0.125. The number of hydrogen-bond donors (Lipinski definition) is 1. The van der Waals surface area contributed by atoms with Crippen molar-refractivity contribution in [1.82, 2.24) is 25.2 Å². The Morgan fingerprint density at radius 2 is 2.14 bits per heavy atom. The lowest BCUT2D eigenvalue weighted by molar-refractivity contribution is 0.586. The molecule has 3 heterocycles. The molecule has 0 saturated carbocycles. The Morgan fingerprint density at radius 3 is 2.95 bits per heavy atom. The van der Waals surface area contributed by atoms with E-state index in [0.29, 0.717) is 11.0 Å². The summed E-state index contributed by atoms with van der Waals surface area (Å²) in [5.74, 6) is 0.589. The highest BCUT2D eigenvalue weighted by molar-refractivity contribution is 6.30. The number of nitrogens with zero attached hydrogens (tertiary/aromatic N) is 5. The van der Waals surface area contributed by atoms with Crippen molar-refractivity contribution in [3.05, 3.63) is 71.0 Å². The zero-order valence-corrected chi connectivity index (χ0v) is 12.1. The van der Waals surface area contributed by atoms with Crippen LogP contribution in [-0.2, 0) is 0 Å². The third-order valence-corrected chi connectivity index (χ3v) is 3.73. The van der Waals surface area contributed by atoms with Crippen LogP contribution in [0.1, 0.15) is 17.2 Å². The van der Waals surface area contributed by atoms with Crippen molar-refractivity contribution in [3.8, 4) is 0 Å². The normalized spacial score (nSPS) is 16.6. The molecule has 0 bridgehead atoms. The summed E-state index contributed by atoms with van der Waals surface area (Å²) < 4.78 is 1.73. The number of benzene rings is 1. The number of rotatable bonds is 2. The van der Waals surface area contributed by atoms with Gasteiger partial charge in [-0.3, -0.25) is 4.98 Å². The number of aromatic nitrogens is 5. The zero-order valence-electron chi connectivity index (χ0n) is 11.4. The number of fused-ring (bicyclic) bond motifs is 1. The smallest absolute Gasteiger partial charge is 0.248 e. The summed E-state index contributed by atoms with van der Waals surface area (Å²) in [5.41, 5.74) is 2.91. The van der Waals surface area contributed by atoms with E-state index in [9.17, 15) is 0 Å². The highest BCUT2D eigenvalue weighted by Crippen LogP contribution is 2.32. The minimum atomic E-state index is -0.125. The predicted molar refractivity (Wildman–Crippen MR) is 83.2 cm³/mol. The summed E-state index contributed by atoms with van der Waals surface area (Å²) in [6, 6.07) is 11.4. The van der Waals surface area contributed by atoms with Crippen molar-refractivity contribution in [2.75, 3.05) is 5.32 Å². The van der Waals surface area contributed by atoms with Gasteiger partial charge in [0.05, 0.1) is 0 Å². The van der Waals surface area contributed by atoms with Crippen LogP contribution in [0, 0.1) is 0 Å². The first-order valence-corrected chi connectivity index (χ1v) is 7.11. The number of nitrogens with one attached hydrogen (secondary N) is 1. The molecule has 0 radical (unpaired) electrons. The molecule has 1 atom stereocenters. The quantitative estimate of drug-likeness (QED) is 0.788. The summed E-state index contributed by atoms with van der Waals surface area (Å²) in [7, 11) is 0. The highest BCUT2D eigenvalue weighted by Gasteiger charge is 2.24. The zero-order chi connectivity index (χ0) is 14.9. The van der Waals surface area contributed by atoms with Crippen molar-refractivity contribution < 1.29 is 0 Å². The van der Waals surface area contributed by atoms with Crippen molar-refractivity contribution in [3.63, 3.8) is 0 Å². The molecule has 0 spiro atoms. The number of halogens is 1. The van der Waals surface area contributed by atoms with E-state index in [0.717, 1.165) is 16.8 Å². The van der Waals surface area contributed by atoms with Crippen molar-refractivity contribution >= 4 is 23.2 Å². The van der Waals surface area contributed by atoms with Crippen molar-refractivity contribution in [2.24, 2.45) is 0 Å². The first kappa shape index (κ1) is 13.0. The van der Waals surface area contributed by atoms with Crippen LogP contribution in [0.2, 0.25) is 5.02 Å². The fraction of sp³-hybridized carbons (Fsp3) is 0.0667. The lowest BCUT2D eigenvalue weighted by atomic mass is 10.0. The van der Waals surface area contributed by atoms with Gasteiger partial charge in [0.25, 0.3) is 0 Å². The molecule has 7 heteroatoms. The van der Waals surface area contributed by atoms with Gasteiger partial charge in [0.1, 0.15) is 6.04 Å². The van der Waals surface area contributed by atoms with Gasteiger partial charge in [0.2, 0.25) is 5.95 Å². The van der Waals surface area contributed by atoms with Gasteiger partial charge in [0.15, 0.2) is 0 Å². The first-order chi connectivity index (χ1) is 10.8. The molecular weight excluding hydrogens is 300 g/mol. The van der Waals surface area contributed by atoms with E-state index in [1.165, 1.54) is 0 Å². The third-order valence-electron chi connectivity index (χ3n) is 3.49. The number of hydrogen-bond acceptors (Lipinski definition) is 5. The summed E-state index contributed by atoms with van der Waals surface area (Å²) in [4.78, 5) is 4.15. The molecule has 1 aliphatic heterocycles. The van der Waals surface area contributed by atoms with Crippen LogP contribution in [0.25, 0.3) is 5.70 Å². The maximum atomic E-state index is 6.11. The molecule has 3 aromatic rings. The molecule has 1 aliphatic rings. The molecule has 0 fully saturated rings. The summed E-state index contributed by atoms with van der Waals surface area (Å²) >= 11 is 6.11. The molecule has 4 rings (SSSR count). The molecular formula is C15H11ClN6. The highest BCUT2D eigenvalue weighted by atomic mass is 35.5. The maximum Gasteiger partial charge on any atom is 0.248 e. The van der Waals surface area contributed by atoms with Gasteiger partial charge in [-0.25, -0.2) is 0 Å². The number of pyridine rings is 1. The lowest BCUT2D eigenvalue weighted by Gasteiger charge is -2.23. The van der Waals surface area contributed by atoms with Gasteiger partial charge in [0, 0.05) is 28.7 Å². The van der Waals surface area contributed by atoms with Crippen LogP contribution in [0.15, 0.2) is 54.9 Å². The third kappa shape index (κ3) is 2.23. The topological polar surface area (TPSA) is 68.5 Å². The SMILES string of the molecule is Clc1cccc(C2C=C(c3cccnc3)Nc3nnnn32)c1. The van der Waals surface area contributed by atoms with Crippen LogP contribution in [0.5, 0.6) is 0 Å². The Hall–Kier alpha value is -2.73. The van der Waals surface area contributed by atoms with E-state index >= 15 is 0 Å². The second-order valence-electron chi connectivity index (χ2n) is 4.89. The average Bonchev–Trinajstić information content (AvgIpc) is 3.03. The second-order valence-corrected chi connectivity index (χ2v) is 5.33. The molecule has 0 aliphatic carbocycles. The number of anilines is 1. The Kier molecular flexibility index (Phi) is 3.08. The van der Waals surface area contributed by atoms with Crippen LogP contribution in [0.4, 0.5) is 5.95 Å². The van der Waals surface area contributed by atoms with Gasteiger partial charge < -0.3 is 5.32 Å². The molecule has 22 heavy (non-hydrogen) atoms. The average molecular weight is 311 g/mol. The van der Waals surface area contributed by atoms with E-state index in [2.05, 4.69) is 31.9 Å². The Morgan fingerprint density at radius 1 is 1.18 bits per heavy atom. The van der Waals surface area contributed by atoms with Crippen LogP contribution in [-0.4, -0.2) is 25.2 Å². The second kappa shape index (κ2) is 5.23. The summed E-state index contributed by atoms with van der Waals surface area (Å²) in [5, 5.41) is 15.7. The predicted octanol–water partition coefficient (Wildman–Crippen LogP) is 2.78. The van der Waals surface area contributed by atoms with E-state index in [4.69, 9.17) is 11.6 Å². The lowest BCUT2D eigenvalue weighted by Crippen LogP contribution is -2.20. The molecule has 108 valence electrons. The number of allylic oxidation sites excluding steroid dienone is 1. The van der Waals surface area contributed by atoms with Crippen molar-refractivity contribution in [2.45, 2.75) is 6.04 Å². The molecule has 1 aromatic carbocycles. The summed E-state index contributed by atoms with van der Waals surface area (Å²) in [6.07, 6.45) is 5.60. The first-order valence-electron chi connectivity index (χ1n) is 6.74. The monoisotopic (exact) mass is 310 g/mol. The molecule has 0 saturated heterocycles.